The summed E-state index contributed by atoms with van der Waals surface area (Å²) in [6.45, 7) is 3.86. The van der Waals surface area contributed by atoms with Crippen LogP contribution in [0.3, 0.4) is 0 Å². The van der Waals surface area contributed by atoms with E-state index >= 15 is 0 Å². The van der Waals surface area contributed by atoms with Crippen molar-refractivity contribution in [1.82, 2.24) is 0 Å². The lowest BCUT2D eigenvalue weighted by Gasteiger charge is -2.23. The Bertz CT molecular complexity index is 1040. The number of aliphatic carboxylic acids is 1. The zero-order valence-corrected chi connectivity index (χ0v) is 17.0. The molecule has 1 aromatic carbocycles. The average Bonchev–Trinajstić information content (AvgIpc) is 3.35. The number of carboxylic acids is 1. The zero-order chi connectivity index (χ0) is 20.9. The first-order valence-corrected chi connectivity index (χ1v) is 10.3. The Balaban J connectivity index is 1.69. The minimum absolute atomic E-state index is 0.0873. The molecule has 0 aliphatic heterocycles. The van der Waals surface area contributed by atoms with Gasteiger partial charge in [0.1, 0.15) is 5.00 Å². The van der Waals surface area contributed by atoms with Gasteiger partial charge in [0.2, 0.25) is 5.91 Å². The third-order valence-electron chi connectivity index (χ3n) is 5.95. The number of thiophene rings is 1. The summed E-state index contributed by atoms with van der Waals surface area (Å²) in [6, 6.07) is 7.75. The third-order valence-corrected chi connectivity index (χ3v) is 6.98. The van der Waals surface area contributed by atoms with Crippen LogP contribution in [0.1, 0.15) is 27.2 Å². The third kappa shape index (κ3) is 3.25. The Morgan fingerprint density at radius 2 is 1.69 bits per heavy atom. The number of primary amides is 1. The number of benzene rings is 1. The molecular weight excluding hydrogens is 388 g/mol. The van der Waals surface area contributed by atoms with Gasteiger partial charge in [-0.15, -0.1) is 11.3 Å². The maximum atomic E-state index is 13.0. The quantitative estimate of drug-likeness (QED) is 0.654. The number of aryl methyl sites for hydroxylation is 2. The van der Waals surface area contributed by atoms with Crippen molar-refractivity contribution >= 4 is 34.1 Å². The number of rotatable bonds is 5. The highest BCUT2D eigenvalue weighted by Crippen LogP contribution is 2.49. The first-order chi connectivity index (χ1) is 13.8. The fraction of sp³-hybridized carbons (Fsp3) is 0.318. The molecular formula is C22H22N2O4S. The van der Waals surface area contributed by atoms with Crippen molar-refractivity contribution in [3.8, 4) is 11.1 Å². The van der Waals surface area contributed by atoms with Gasteiger partial charge in [0.15, 0.2) is 0 Å². The average molecular weight is 410 g/mol. The summed E-state index contributed by atoms with van der Waals surface area (Å²) in [6.07, 6.45) is 4.50. The number of anilines is 1. The summed E-state index contributed by atoms with van der Waals surface area (Å²) < 4.78 is 0. The van der Waals surface area contributed by atoms with E-state index in [-0.39, 0.29) is 23.3 Å². The van der Waals surface area contributed by atoms with E-state index < -0.39 is 23.7 Å². The van der Waals surface area contributed by atoms with Crippen LogP contribution >= 0.6 is 11.3 Å². The van der Waals surface area contributed by atoms with Gasteiger partial charge in [-0.2, -0.15) is 0 Å². The summed E-state index contributed by atoms with van der Waals surface area (Å²) in [7, 11) is 0. The van der Waals surface area contributed by atoms with Crippen LogP contribution in [0.5, 0.6) is 0 Å². The second-order valence-corrected chi connectivity index (χ2v) is 9.02. The van der Waals surface area contributed by atoms with Crippen LogP contribution in [-0.4, -0.2) is 22.9 Å². The van der Waals surface area contributed by atoms with Crippen LogP contribution in [0, 0.1) is 37.5 Å². The number of carbonyl (C=O) groups excluding carboxylic acids is 2. The molecule has 0 unspecified atom stereocenters. The molecule has 4 N–H and O–H groups in total. The number of hydrogen-bond acceptors (Lipinski definition) is 4. The Kier molecular flexibility index (Phi) is 4.78. The molecule has 0 spiro atoms. The van der Waals surface area contributed by atoms with Gasteiger partial charge in [-0.3, -0.25) is 14.4 Å². The van der Waals surface area contributed by atoms with E-state index in [0.29, 0.717) is 17.0 Å². The number of hydrogen-bond donors (Lipinski definition) is 3. The molecule has 1 fully saturated rings. The van der Waals surface area contributed by atoms with Gasteiger partial charge in [0, 0.05) is 10.4 Å². The van der Waals surface area contributed by atoms with Crippen LogP contribution in [-0.2, 0) is 9.59 Å². The zero-order valence-electron chi connectivity index (χ0n) is 16.1. The number of nitrogens with one attached hydrogen (secondary N) is 1. The SMILES string of the molecule is Cc1ccc(-c2c(C)sc(NC(=O)[C@H]3[C@@H](C(=O)O)[C@H]4C=C[C@H]3C4)c2C(N)=O)cc1. The van der Waals surface area contributed by atoms with Gasteiger partial charge >= 0.3 is 5.97 Å². The van der Waals surface area contributed by atoms with Crippen molar-refractivity contribution in [1.29, 1.82) is 0 Å². The summed E-state index contributed by atoms with van der Waals surface area (Å²) >= 11 is 1.29. The van der Waals surface area contributed by atoms with E-state index in [2.05, 4.69) is 5.32 Å². The molecule has 4 atom stereocenters. The standard InChI is InChI=1S/C22H22N2O4S/c1-10-3-5-12(6-4-10)15-11(2)29-21(18(15)19(23)25)24-20(26)16-13-7-8-14(9-13)17(16)22(27)28/h3-8,13-14,16-17H,9H2,1-2H3,(H2,23,25)(H,24,26)(H,27,28)/t13-,14-,16+,17-/m0/s1. The lowest BCUT2D eigenvalue weighted by Crippen LogP contribution is -2.36. The number of nitrogens with two attached hydrogens (primary N) is 1. The summed E-state index contributed by atoms with van der Waals surface area (Å²) in [4.78, 5) is 37.9. The molecule has 7 heteroatoms. The van der Waals surface area contributed by atoms with Gasteiger partial charge in [0.25, 0.3) is 5.91 Å². The highest BCUT2D eigenvalue weighted by Gasteiger charge is 2.51. The molecule has 1 saturated carbocycles. The van der Waals surface area contributed by atoms with Gasteiger partial charge in [-0.1, -0.05) is 42.0 Å². The normalized spacial score (nSPS) is 24.6. The summed E-state index contributed by atoms with van der Waals surface area (Å²) in [5.41, 5.74) is 8.60. The molecule has 150 valence electrons. The highest BCUT2D eigenvalue weighted by molar-refractivity contribution is 7.17. The van der Waals surface area contributed by atoms with E-state index in [9.17, 15) is 19.5 Å². The smallest absolute Gasteiger partial charge is 0.307 e. The largest absolute Gasteiger partial charge is 0.481 e. The molecule has 29 heavy (non-hydrogen) atoms. The molecule has 0 saturated heterocycles. The van der Waals surface area contributed by atoms with Gasteiger partial charge in [-0.05, 0) is 37.7 Å². The topological polar surface area (TPSA) is 109 Å². The molecule has 2 aromatic rings. The molecule has 0 radical (unpaired) electrons. The van der Waals surface area contributed by atoms with E-state index in [1.54, 1.807) is 0 Å². The second kappa shape index (κ2) is 7.15. The Labute approximate surface area is 172 Å². The Hall–Kier alpha value is -2.93. The number of allylic oxidation sites excluding steroid dienone is 2. The van der Waals surface area contributed by atoms with Crippen LogP contribution in [0.25, 0.3) is 11.1 Å². The van der Waals surface area contributed by atoms with Crippen molar-refractivity contribution in [3.63, 3.8) is 0 Å². The van der Waals surface area contributed by atoms with Crippen molar-refractivity contribution in [2.24, 2.45) is 29.4 Å². The molecule has 2 aliphatic rings. The number of carboxylic acid groups (broad SMARTS) is 1. The fourth-order valence-corrected chi connectivity index (χ4v) is 5.73. The predicted octanol–water partition coefficient (Wildman–Crippen LogP) is 3.59. The maximum Gasteiger partial charge on any atom is 0.307 e. The molecule has 1 aromatic heterocycles. The van der Waals surface area contributed by atoms with Crippen molar-refractivity contribution in [2.45, 2.75) is 20.3 Å². The maximum absolute atomic E-state index is 13.0. The van der Waals surface area contributed by atoms with E-state index in [1.165, 1.54) is 11.3 Å². The lowest BCUT2D eigenvalue weighted by molar-refractivity contribution is -0.146. The highest BCUT2D eigenvalue weighted by atomic mass is 32.1. The number of carbonyl (C=O) groups is 3. The monoisotopic (exact) mass is 410 g/mol. The number of fused-ring (bicyclic) bond motifs is 2. The Morgan fingerprint density at radius 1 is 1.07 bits per heavy atom. The predicted molar refractivity (Wildman–Crippen MR) is 112 cm³/mol. The van der Waals surface area contributed by atoms with Gasteiger partial charge < -0.3 is 16.2 Å². The first kappa shape index (κ1) is 19.4. The minimum Gasteiger partial charge on any atom is -0.481 e. The lowest BCUT2D eigenvalue weighted by atomic mass is 9.82. The molecule has 1 heterocycles. The van der Waals surface area contributed by atoms with Crippen LogP contribution in [0.15, 0.2) is 36.4 Å². The van der Waals surface area contributed by atoms with Crippen LogP contribution in [0.2, 0.25) is 0 Å². The first-order valence-electron chi connectivity index (χ1n) is 9.50. The van der Waals surface area contributed by atoms with Gasteiger partial charge in [0.05, 0.1) is 17.4 Å². The van der Waals surface area contributed by atoms with E-state index in [4.69, 9.17) is 5.73 Å². The van der Waals surface area contributed by atoms with Crippen LogP contribution < -0.4 is 11.1 Å². The molecule has 2 aliphatic carbocycles. The van der Waals surface area contributed by atoms with E-state index in [1.807, 2.05) is 50.3 Å². The van der Waals surface area contributed by atoms with Crippen molar-refractivity contribution in [2.75, 3.05) is 5.32 Å². The second-order valence-electron chi connectivity index (χ2n) is 7.80. The van der Waals surface area contributed by atoms with Gasteiger partial charge in [-0.25, -0.2) is 0 Å². The summed E-state index contributed by atoms with van der Waals surface area (Å²) in [5, 5.41) is 12.8. The fourth-order valence-electron chi connectivity index (χ4n) is 4.65. The van der Waals surface area contributed by atoms with Crippen molar-refractivity contribution < 1.29 is 19.5 Å². The minimum atomic E-state index is -0.958. The number of amides is 2. The van der Waals surface area contributed by atoms with Crippen molar-refractivity contribution in [3.05, 3.63) is 52.4 Å². The Morgan fingerprint density at radius 3 is 2.28 bits per heavy atom. The molecule has 2 amide bonds. The van der Waals surface area contributed by atoms with E-state index in [0.717, 1.165) is 16.0 Å². The summed E-state index contributed by atoms with van der Waals surface area (Å²) in [5.74, 6) is -3.53. The molecule has 6 nitrogen and oxygen atoms in total. The molecule has 4 rings (SSSR count). The molecule has 2 bridgehead atoms. The van der Waals surface area contributed by atoms with Crippen LogP contribution in [0.4, 0.5) is 5.00 Å².